The van der Waals surface area contributed by atoms with Gasteiger partial charge in [-0.05, 0) is 38.8 Å². The molecule has 0 radical (unpaired) electrons. The lowest BCUT2D eigenvalue weighted by atomic mass is 10.0. The van der Waals surface area contributed by atoms with Gasteiger partial charge in [0.25, 0.3) is 0 Å². The maximum Gasteiger partial charge on any atom is 0.0233 e. The van der Waals surface area contributed by atoms with Crippen molar-refractivity contribution in [3.63, 3.8) is 0 Å². The van der Waals surface area contributed by atoms with Crippen LogP contribution in [0.2, 0.25) is 0 Å². The molecule has 2 fully saturated rings. The van der Waals surface area contributed by atoms with E-state index in [4.69, 9.17) is 0 Å². The first-order valence-electron chi connectivity index (χ1n) is 5.97. The van der Waals surface area contributed by atoms with Gasteiger partial charge in [0, 0.05) is 5.54 Å². The first kappa shape index (κ1) is 13.0. The maximum absolute atomic E-state index is 2.55. The van der Waals surface area contributed by atoms with Crippen molar-refractivity contribution in [2.45, 2.75) is 59.4 Å². The Hall–Kier alpha value is -0.0400. The summed E-state index contributed by atoms with van der Waals surface area (Å²) in [5, 5.41) is 0. The molecule has 1 saturated heterocycles. The van der Waals surface area contributed by atoms with Crippen molar-refractivity contribution in [2.24, 2.45) is 5.92 Å². The average molecular weight is 185 g/mol. The highest BCUT2D eigenvalue weighted by molar-refractivity contribution is 5.09. The summed E-state index contributed by atoms with van der Waals surface area (Å²) in [7, 11) is 2.27. The molecule has 1 atom stereocenters. The quantitative estimate of drug-likeness (QED) is 0.558. The van der Waals surface area contributed by atoms with Crippen LogP contribution in [0.4, 0.5) is 0 Å². The molecule has 0 N–H and O–H groups in total. The molecule has 0 amide bonds. The van der Waals surface area contributed by atoms with Crippen LogP contribution in [0.5, 0.6) is 0 Å². The van der Waals surface area contributed by atoms with Crippen molar-refractivity contribution in [3.8, 4) is 0 Å². The van der Waals surface area contributed by atoms with Crippen LogP contribution in [0.1, 0.15) is 53.9 Å². The molecule has 0 bridgehead atoms. The van der Waals surface area contributed by atoms with Gasteiger partial charge in [-0.15, -0.1) is 0 Å². The second-order valence-corrected chi connectivity index (χ2v) is 3.71. The van der Waals surface area contributed by atoms with E-state index in [1.807, 2.05) is 27.7 Å². The number of likely N-dealkylation sites (tertiary alicyclic amines) is 1. The van der Waals surface area contributed by atoms with Crippen LogP contribution < -0.4 is 0 Å². The Morgan fingerprint density at radius 1 is 1.08 bits per heavy atom. The van der Waals surface area contributed by atoms with Gasteiger partial charge in [0.05, 0.1) is 0 Å². The van der Waals surface area contributed by atoms with E-state index in [0.717, 1.165) is 5.92 Å². The number of hydrogen-bond donors (Lipinski definition) is 0. The van der Waals surface area contributed by atoms with Crippen LogP contribution in [0.3, 0.4) is 0 Å². The van der Waals surface area contributed by atoms with Crippen molar-refractivity contribution in [1.29, 1.82) is 0 Å². The van der Waals surface area contributed by atoms with E-state index in [0.29, 0.717) is 5.54 Å². The van der Waals surface area contributed by atoms with Gasteiger partial charge in [0.1, 0.15) is 0 Å². The van der Waals surface area contributed by atoms with E-state index in [2.05, 4.69) is 18.9 Å². The van der Waals surface area contributed by atoms with Gasteiger partial charge in [0.15, 0.2) is 0 Å². The Morgan fingerprint density at radius 2 is 1.54 bits per heavy atom. The Kier molecular flexibility index (Phi) is 5.62. The zero-order chi connectivity index (χ0) is 10.5. The van der Waals surface area contributed by atoms with E-state index < -0.39 is 0 Å². The number of nitrogens with zero attached hydrogens (tertiary/aromatic N) is 1. The monoisotopic (exact) mass is 185 g/mol. The van der Waals surface area contributed by atoms with Gasteiger partial charge >= 0.3 is 0 Å². The van der Waals surface area contributed by atoms with E-state index >= 15 is 0 Å². The molecule has 1 spiro atoms. The Labute approximate surface area is 84.5 Å². The minimum Gasteiger partial charge on any atom is -0.300 e. The van der Waals surface area contributed by atoms with Gasteiger partial charge in [-0.3, -0.25) is 0 Å². The second-order valence-electron chi connectivity index (χ2n) is 3.71. The SMILES string of the molecule is CC.CC.CC1CCN(C)C12CC2. The van der Waals surface area contributed by atoms with Crippen LogP contribution in [-0.2, 0) is 0 Å². The Morgan fingerprint density at radius 3 is 1.69 bits per heavy atom. The van der Waals surface area contributed by atoms with Gasteiger partial charge in [0.2, 0.25) is 0 Å². The van der Waals surface area contributed by atoms with Crippen molar-refractivity contribution >= 4 is 0 Å². The minimum atomic E-state index is 0.694. The van der Waals surface area contributed by atoms with Crippen molar-refractivity contribution in [2.75, 3.05) is 13.6 Å². The molecule has 1 unspecified atom stereocenters. The van der Waals surface area contributed by atoms with E-state index in [1.54, 1.807) is 0 Å². The summed E-state index contributed by atoms with van der Waals surface area (Å²) in [5.41, 5.74) is 0.694. The molecule has 0 aromatic rings. The molecule has 1 aliphatic carbocycles. The fourth-order valence-electron chi connectivity index (χ4n) is 2.26. The predicted molar refractivity (Wildman–Crippen MR) is 61.1 cm³/mol. The van der Waals surface area contributed by atoms with E-state index in [9.17, 15) is 0 Å². The zero-order valence-corrected chi connectivity index (χ0v) is 10.4. The first-order valence-corrected chi connectivity index (χ1v) is 5.97. The lowest BCUT2D eigenvalue weighted by Crippen LogP contribution is -2.30. The first-order chi connectivity index (χ1) is 6.26. The summed E-state index contributed by atoms with van der Waals surface area (Å²) in [6.07, 6.45) is 4.35. The molecule has 1 saturated carbocycles. The highest BCUT2D eigenvalue weighted by Crippen LogP contribution is 2.51. The highest BCUT2D eigenvalue weighted by atomic mass is 15.2. The molecule has 1 heteroatoms. The smallest absolute Gasteiger partial charge is 0.0233 e. The summed E-state index contributed by atoms with van der Waals surface area (Å²) in [5.74, 6) is 0.975. The zero-order valence-electron chi connectivity index (χ0n) is 10.4. The summed E-state index contributed by atoms with van der Waals surface area (Å²) >= 11 is 0. The molecular weight excluding hydrogens is 158 g/mol. The van der Waals surface area contributed by atoms with Gasteiger partial charge in [-0.1, -0.05) is 34.6 Å². The standard InChI is InChI=1S/C8H15N.2C2H6/c1-7-3-6-9(2)8(7)4-5-8;2*1-2/h7H,3-6H2,1-2H3;2*1-2H3. The molecule has 2 aliphatic rings. The third-order valence-corrected chi connectivity index (χ3v) is 3.34. The largest absolute Gasteiger partial charge is 0.300 e. The summed E-state index contributed by atoms with van der Waals surface area (Å²) in [6, 6.07) is 0. The molecule has 80 valence electrons. The molecular formula is C12H27N. The van der Waals surface area contributed by atoms with Gasteiger partial charge in [-0.25, -0.2) is 0 Å². The fourth-order valence-corrected chi connectivity index (χ4v) is 2.26. The summed E-state index contributed by atoms with van der Waals surface area (Å²) in [6.45, 7) is 11.7. The Bertz CT molecular complexity index is 115. The fraction of sp³-hybridized carbons (Fsp3) is 1.00. The van der Waals surface area contributed by atoms with Crippen LogP contribution in [0.15, 0.2) is 0 Å². The van der Waals surface area contributed by atoms with E-state index in [-0.39, 0.29) is 0 Å². The van der Waals surface area contributed by atoms with Crippen molar-refractivity contribution in [1.82, 2.24) is 4.90 Å². The van der Waals surface area contributed by atoms with Crippen molar-refractivity contribution < 1.29 is 0 Å². The summed E-state index contributed by atoms with van der Waals surface area (Å²) in [4.78, 5) is 2.55. The van der Waals surface area contributed by atoms with Crippen LogP contribution in [0.25, 0.3) is 0 Å². The number of rotatable bonds is 0. The molecule has 0 aromatic heterocycles. The number of hydrogen-bond acceptors (Lipinski definition) is 1. The topological polar surface area (TPSA) is 3.24 Å². The molecule has 0 aromatic carbocycles. The van der Waals surface area contributed by atoms with Gasteiger partial charge in [-0.2, -0.15) is 0 Å². The molecule has 1 aliphatic heterocycles. The second kappa shape index (κ2) is 5.64. The third-order valence-electron chi connectivity index (χ3n) is 3.34. The van der Waals surface area contributed by atoms with Crippen LogP contribution in [0, 0.1) is 5.92 Å². The lowest BCUT2D eigenvalue weighted by Gasteiger charge is -2.21. The normalized spacial score (nSPS) is 28.6. The molecule has 2 rings (SSSR count). The van der Waals surface area contributed by atoms with E-state index in [1.165, 1.54) is 25.8 Å². The van der Waals surface area contributed by atoms with Crippen LogP contribution >= 0.6 is 0 Å². The van der Waals surface area contributed by atoms with Crippen molar-refractivity contribution in [3.05, 3.63) is 0 Å². The van der Waals surface area contributed by atoms with Crippen LogP contribution in [-0.4, -0.2) is 24.0 Å². The minimum absolute atomic E-state index is 0.694. The van der Waals surface area contributed by atoms with Gasteiger partial charge < -0.3 is 4.90 Å². The summed E-state index contributed by atoms with van der Waals surface area (Å²) < 4.78 is 0. The molecule has 1 heterocycles. The molecule has 1 nitrogen and oxygen atoms in total. The maximum atomic E-state index is 2.55. The lowest BCUT2D eigenvalue weighted by molar-refractivity contribution is 0.257. The molecule has 13 heavy (non-hydrogen) atoms. The predicted octanol–water partition coefficient (Wildman–Crippen LogP) is 3.54. The Balaban J connectivity index is 0.000000322. The third kappa shape index (κ3) is 2.46. The average Bonchev–Trinajstić information content (AvgIpc) is 2.96. The highest BCUT2D eigenvalue weighted by Gasteiger charge is 2.53.